The number of rotatable bonds is 5. The Hall–Kier alpha value is -0.820. The molecular weight excluding hydrogens is 218 g/mol. The van der Waals surface area contributed by atoms with Crippen molar-refractivity contribution in [2.75, 3.05) is 13.1 Å². The van der Waals surface area contributed by atoms with Gasteiger partial charge >= 0.3 is 0 Å². The average Bonchev–Trinajstić information content (AvgIpc) is 2.41. The fraction of sp³-hybridized carbons (Fsp3) is 0.647. The van der Waals surface area contributed by atoms with Crippen LogP contribution in [0, 0.1) is 12.8 Å². The van der Waals surface area contributed by atoms with Crippen molar-refractivity contribution < 1.29 is 0 Å². The van der Waals surface area contributed by atoms with Crippen molar-refractivity contribution >= 4 is 0 Å². The highest BCUT2D eigenvalue weighted by molar-refractivity contribution is 5.25. The number of nitrogens with one attached hydrogen (secondary N) is 1. The third kappa shape index (κ3) is 3.58. The highest BCUT2D eigenvalue weighted by Crippen LogP contribution is 2.37. The Morgan fingerprint density at radius 2 is 1.83 bits per heavy atom. The van der Waals surface area contributed by atoms with E-state index in [0.29, 0.717) is 0 Å². The monoisotopic (exact) mass is 245 g/mol. The number of hydrogen-bond donors (Lipinski definition) is 1. The molecule has 1 saturated carbocycles. The smallest absolute Gasteiger partial charge is 0.00147 e. The van der Waals surface area contributed by atoms with Crippen LogP contribution in [0.1, 0.15) is 56.1 Å². The first-order chi connectivity index (χ1) is 8.81. The maximum absolute atomic E-state index is 3.62. The van der Waals surface area contributed by atoms with E-state index in [2.05, 4.69) is 43.4 Å². The summed E-state index contributed by atoms with van der Waals surface area (Å²) in [6.07, 6.45) is 6.84. The van der Waals surface area contributed by atoms with Gasteiger partial charge in [0.15, 0.2) is 0 Å². The largest absolute Gasteiger partial charge is 0.316 e. The van der Waals surface area contributed by atoms with Crippen LogP contribution in [-0.4, -0.2) is 13.1 Å². The standard InChI is InChI=1S/C17H27N/c1-3-12-18-13-16-6-4-5-7-17(16)15-10-8-14(2)9-11-15/h8-11,16-18H,3-7,12-13H2,1-2H3. The van der Waals surface area contributed by atoms with Crippen LogP contribution >= 0.6 is 0 Å². The zero-order valence-electron chi connectivity index (χ0n) is 11.9. The lowest BCUT2D eigenvalue weighted by Crippen LogP contribution is -2.30. The molecule has 2 atom stereocenters. The van der Waals surface area contributed by atoms with E-state index < -0.39 is 0 Å². The van der Waals surface area contributed by atoms with Gasteiger partial charge in [0.2, 0.25) is 0 Å². The summed E-state index contributed by atoms with van der Waals surface area (Å²) in [4.78, 5) is 0. The van der Waals surface area contributed by atoms with E-state index in [4.69, 9.17) is 0 Å². The Kier molecular flexibility index (Phi) is 5.25. The van der Waals surface area contributed by atoms with E-state index in [1.54, 1.807) is 5.56 Å². The summed E-state index contributed by atoms with van der Waals surface area (Å²) in [6, 6.07) is 9.22. The first-order valence-corrected chi connectivity index (χ1v) is 7.58. The zero-order chi connectivity index (χ0) is 12.8. The molecule has 0 spiro atoms. The van der Waals surface area contributed by atoms with Crippen LogP contribution in [0.15, 0.2) is 24.3 Å². The Bertz CT molecular complexity index is 341. The van der Waals surface area contributed by atoms with Crippen molar-refractivity contribution in [2.24, 2.45) is 5.92 Å². The lowest BCUT2D eigenvalue weighted by molar-refractivity contribution is 0.296. The predicted octanol–water partition coefficient (Wildman–Crippen LogP) is 4.27. The molecule has 1 heteroatoms. The summed E-state index contributed by atoms with van der Waals surface area (Å²) in [6.45, 7) is 6.78. The van der Waals surface area contributed by atoms with Gasteiger partial charge in [0, 0.05) is 0 Å². The van der Waals surface area contributed by atoms with Crippen LogP contribution in [0.5, 0.6) is 0 Å². The summed E-state index contributed by atoms with van der Waals surface area (Å²) in [5, 5.41) is 3.62. The SMILES string of the molecule is CCCNCC1CCCCC1c1ccc(C)cc1. The van der Waals surface area contributed by atoms with E-state index in [1.165, 1.54) is 44.2 Å². The lowest BCUT2D eigenvalue weighted by Gasteiger charge is -2.32. The van der Waals surface area contributed by atoms with Crippen molar-refractivity contribution in [3.63, 3.8) is 0 Å². The van der Waals surface area contributed by atoms with Gasteiger partial charge in [-0.1, -0.05) is 49.6 Å². The van der Waals surface area contributed by atoms with Gasteiger partial charge < -0.3 is 5.32 Å². The molecule has 18 heavy (non-hydrogen) atoms. The molecule has 1 aliphatic carbocycles. The summed E-state index contributed by atoms with van der Waals surface area (Å²) < 4.78 is 0. The highest BCUT2D eigenvalue weighted by Gasteiger charge is 2.25. The molecule has 0 amide bonds. The van der Waals surface area contributed by atoms with Crippen LogP contribution in [-0.2, 0) is 0 Å². The topological polar surface area (TPSA) is 12.0 Å². The second-order valence-electron chi connectivity index (χ2n) is 5.77. The highest BCUT2D eigenvalue weighted by atomic mass is 14.9. The minimum atomic E-state index is 0.781. The predicted molar refractivity (Wildman–Crippen MR) is 79.0 cm³/mol. The van der Waals surface area contributed by atoms with Crippen molar-refractivity contribution in [2.45, 2.75) is 51.9 Å². The first kappa shape index (κ1) is 13.6. The Balaban J connectivity index is 2.00. The Morgan fingerprint density at radius 3 is 2.56 bits per heavy atom. The molecule has 1 N–H and O–H groups in total. The zero-order valence-corrected chi connectivity index (χ0v) is 11.9. The van der Waals surface area contributed by atoms with Crippen LogP contribution < -0.4 is 5.32 Å². The van der Waals surface area contributed by atoms with Crippen LogP contribution in [0.4, 0.5) is 0 Å². The lowest BCUT2D eigenvalue weighted by atomic mass is 9.75. The third-order valence-electron chi connectivity index (χ3n) is 4.25. The maximum atomic E-state index is 3.62. The van der Waals surface area contributed by atoms with Crippen LogP contribution in [0.25, 0.3) is 0 Å². The Morgan fingerprint density at radius 1 is 1.11 bits per heavy atom. The van der Waals surface area contributed by atoms with E-state index in [0.717, 1.165) is 18.4 Å². The molecule has 1 aromatic rings. The molecule has 0 bridgehead atoms. The van der Waals surface area contributed by atoms with E-state index in [9.17, 15) is 0 Å². The van der Waals surface area contributed by atoms with Gasteiger partial charge in [0.05, 0.1) is 0 Å². The van der Waals surface area contributed by atoms with Gasteiger partial charge in [0.1, 0.15) is 0 Å². The van der Waals surface area contributed by atoms with Crippen molar-refractivity contribution in [1.29, 1.82) is 0 Å². The van der Waals surface area contributed by atoms with Gasteiger partial charge in [-0.05, 0) is 56.7 Å². The molecule has 0 heterocycles. The molecule has 1 fully saturated rings. The average molecular weight is 245 g/mol. The maximum Gasteiger partial charge on any atom is -0.00147 e. The molecule has 2 rings (SSSR count). The molecule has 1 nitrogen and oxygen atoms in total. The molecule has 0 radical (unpaired) electrons. The quantitative estimate of drug-likeness (QED) is 0.764. The van der Waals surface area contributed by atoms with Crippen molar-refractivity contribution in [1.82, 2.24) is 5.32 Å². The van der Waals surface area contributed by atoms with Gasteiger partial charge in [0.25, 0.3) is 0 Å². The molecule has 1 aromatic carbocycles. The molecule has 0 saturated heterocycles. The molecular formula is C17H27N. The molecule has 100 valence electrons. The minimum Gasteiger partial charge on any atom is -0.316 e. The number of benzene rings is 1. The van der Waals surface area contributed by atoms with Crippen molar-refractivity contribution in [3.05, 3.63) is 35.4 Å². The fourth-order valence-corrected chi connectivity index (χ4v) is 3.17. The van der Waals surface area contributed by atoms with Gasteiger partial charge in [-0.15, -0.1) is 0 Å². The molecule has 2 unspecified atom stereocenters. The molecule has 1 aliphatic rings. The van der Waals surface area contributed by atoms with E-state index >= 15 is 0 Å². The van der Waals surface area contributed by atoms with Gasteiger partial charge in [-0.25, -0.2) is 0 Å². The van der Waals surface area contributed by atoms with Gasteiger partial charge in [-0.3, -0.25) is 0 Å². The minimum absolute atomic E-state index is 0.781. The summed E-state index contributed by atoms with van der Waals surface area (Å²) in [5.74, 6) is 1.62. The Labute approximate surface area is 112 Å². The molecule has 0 aliphatic heterocycles. The summed E-state index contributed by atoms with van der Waals surface area (Å²) in [5.41, 5.74) is 2.93. The van der Waals surface area contributed by atoms with Crippen LogP contribution in [0.2, 0.25) is 0 Å². The van der Waals surface area contributed by atoms with Crippen LogP contribution in [0.3, 0.4) is 0 Å². The fourth-order valence-electron chi connectivity index (χ4n) is 3.17. The molecule has 0 aromatic heterocycles. The number of hydrogen-bond acceptors (Lipinski definition) is 1. The van der Waals surface area contributed by atoms with E-state index in [1.807, 2.05) is 0 Å². The third-order valence-corrected chi connectivity index (χ3v) is 4.25. The second-order valence-corrected chi connectivity index (χ2v) is 5.77. The second kappa shape index (κ2) is 6.94. The van der Waals surface area contributed by atoms with Gasteiger partial charge in [-0.2, -0.15) is 0 Å². The first-order valence-electron chi connectivity index (χ1n) is 7.58. The van der Waals surface area contributed by atoms with Crippen molar-refractivity contribution in [3.8, 4) is 0 Å². The summed E-state index contributed by atoms with van der Waals surface area (Å²) in [7, 11) is 0. The normalized spacial score (nSPS) is 24.1. The summed E-state index contributed by atoms with van der Waals surface area (Å²) >= 11 is 0. The van der Waals surface area contributed by atoms with E-state index in [-0.39, 0.29) is 0 Å². The number of aryl methyl sites for hydroxylation is 1.